The molecule has 1 amide bonds. The molecule has 0 aliphatic carbocycles. The Hall–Kier alpha value is -2.61. The van der Waals surface area contributed by atoms with Crippen molar-refractivity contribution in [3.8, 4) is 5.75 Å². The number of benzene rings is 1. The molecule has 8 heteroatoms. The molecule has 0 saturated carbocycles. The van der Waals surface area contributed by atoms with Gasteiger partial charge in [-0.1, -0.05) is 6.92 Å². The van der Waals surface area contributed by atoms with Crippen molar-refractivity contribution in [2.75, 3.05) is 13.2 Å². The number of Topliss-reactive ketones (excluding diaryl/α,β-unsaturated/α-hetero) is 1. The summed E-state index contributed by atoms with van der Waals surface area (Å²) in [4.78, 5) is 37.0. The molecule has 2 atom stereocenters. The van der Waals surface area contributed by atoms with Crippen molar-refractivity contribution in [1.82, 2.24) is 5.32 Å². The van der Waals surface area contributed by atoms with Crippen LogP contribution in [0.4, 0.5) is 4.79 Å². The molecule has 0 radical (unpaired) electrons. The van der Waals surface area contributed by atoms with Crippen LogP contribution in [0.1, 0.15) is 72.2 Å². The first-order valence-electron chi connectivity index (χ1n) is 10.8. The molecule has 8 nitrogen and oxygen atoms in total. The Morgan fingerprint density at radius 1 is 0.969 bits per heavy atom. The van der Waals surface area contributed by atoms with E-state index in [0.717, 1.165) is 6.42 Å². The molecule has 1 aromatic carbocycles. The fourth-order valence-corrected chi connectivity index (χ4v) is 2.37. The molecule has 0 aromatic heterocycles. The number of hydrogen-bond donors (Lipinski definition) is 1. The van der Waals surface area contributed by atoms with Crippen LogP contribution >= 0.6 is 0 Å². The van der Waals surface area contributed by atoms with Crippen LogP contribution in [0.25, 0.3) is 0 Å². The minimum atomic E-state index is -0.929. The highest BCUT2D eigenvalue weighted by Crippen LogP contribution is 2.16. The SMILES string of the molecule is CC[C@H](C)OC(=O)COc1ccc(C(=O)[C@H](COC(C)(C)C)NC(=O)OC(C)(C)C)cc1. The Kier molecular flexibility index (Phi) is 10.2. The van der Waals surface area contributed by atoms with Crippen molar-refractivity contribution in [2.45, 2.75) is 85.2 Å². The molecule has 0 spiro atoms. The third kappa shape index (κ3) is 11.1. The summed E-state index contributed by atoms with van der Waals surface area (Å²) in [6, 6.07) is 5.37. The lowest BCUT2D eigenvalue weighted by Crippen LogP contribution is -2.47. The summed E-state index contributed by atoms with van der Waals surface area (Å²) in [5.41, 5.74) is -0.828. The van der Waals surface area contributed by atoms with E-state index >= 15 is 0 Å². The molecule has 0 bridgehead atoms. The van der Waals surface area contributed by atoms with E-state index in [1.165, 1.54) is 0 Å². The smallest absolute Gasteiger partial charge is 0.408 e. The van der Waals surface area contributed by atoms with Gasteiger partial charge in [0.2, 0.25) is 0 Å². The van der Waals surface area contributed by atoms with Gasteiger partial charge in [-0.2, -0.15) is 0 Å². The van der Waals surface area contributed by atoms with Crippen LogP contribution in [-0.2, 0) is 19.0 Å². The number of amides is 1. The fourth-order valence-electron chi connectivity index (χ4n) is 2.37. The molecular weight excluding hydrogens is 414 g/mol. The monoisotopic (exact) mass is 451 g/mol. The molecule has 0 fully saturated rings. The maximum absolute atomic E-state index is 13.0. The first-order valence-corrected chi connectivity index (χ1v) is 10.8. The zero-order chi connectivity index (χ0) is 24.5. The Balaban J connectivity index is 2.82. The fraction of sp³-hybridized carbons (Fsp3) is 0.625. The van der Waals surface area contributed by atoms with Gasteiger partial charge in [0.25, 0.3) is 0 Å². The van der Waals surface area contributed by atoms with E-state index in [2.05, 4.69) is 5.32 Å². The third-order valence-electron chi connectivity index (χ3n) is 4.09. The number of ether oxygens (including phenoxy) is 4. The van der Waals surface area contributed by atoms with Crippen LogP contribution in [0, 0.1) is 0 Å². The molecule has 0 saturated heterocycles. The highest BCUT2D eigenvalue weighted by molar-refractivity contribution is 6.01. The van der Waals surface area contributed by atoms with Crippen molar-refractivity contribution in [2.24, 2.45) is 0 Å². The normalized spacial score (nSPS) is 13.6. The Labute approximate surface area is 190 Å². The summed E-state index contributed by atoms with van der Waals surface area (Å²) < 4.78 is 21.6. The maximum atomic E-state index is 13.0. The molecule has 180 valence electrons. The molecule has 0 heterocycles. The Bertz CT molecular complexity index is 760. The van der Waals surface area contributed by atoms with Gasteiger partial charge in [0.05, 0.1) is 18.3 Å². The van der Waals surface area contributed by atoms with E-state index in [9.17, 15) is 14.4 Å². The lowest BCUT2D eigenvalue weighted by atomic mass is 10.0. The Morgan fingerprint density at radius 3 is 2.06 bits per heavy atom. The van der Waals surface area contributed by atoms with Gasteiger partial charge in [-0.25, -0.2) is 9.59 Å². The van der Waals surface area contributed by atoms with Crippen molar-refractivity contribution in [3.05, 3.63) is 29.8 Å². The molecule has 0 unspecified atom stereocenters. The zero-order valence-electron chi connectivity index (χ0n) is 20.4. The number of carbonyl (C=O) groups excluding carboxylic acids is 3. The molecule has 32 heavy (non-hydrogen) atoms. The number of ketones is 1. The topological polar surface area (TPSA) is 100 Å². The lowest BCUT2D eigenvalue weighted by Gasteiger charge is -2.26. The summed E-state index contributed by atoms with van der Waals surface area (Å²) >= 11 is 0. The second-order valence-electron chi connectivity index (χ2n) is 9.51. The van der Waals surface area contributed by atoms with Crippen molar-refractivity contribution in [1.29, 1.82) is 0 Å². The summed E-state index contributed by atoms with van der Waals surface area (Å²) in [6.45, 7) is 14.3. The quantitative estimate of drug-likeness (QED) is 0.418. The molecule has 0 aliphatic rings. The average Bonchev–Trinajstić information content (AvgIpc) is 2.67. The molecule has 1 rings (SSSR count). The minimum Gasteiger partial charge on any atom is -0.482 e. The van der Waals surface area contributed by atoms with Gasteiger partial charge in [0.15, 0.2) is 12.4 Å². The van der Waals surface area contributed by atoms with Gasteiger partial charge in [0, 0.05) is 5.56 Å². The summed E-state index contributed by atoms with van der Waals surface area (Å²) in [7, 11) is 0. The summed E-state index contributed by atoms with van der Waals surface area (Å²) in [5, 5.41) is 2.59. The number of carbonyl (C=O) groups is 3. The van der Waals surface area contributed by atoms with E-state index < -0.39 is 29.3 Å². The highest BCUT2D eigenvalue weighted by atomic mass is 16.6. The minimum absolute atomic E-state index is 0.0126. The largest absolute Gasteiger partial charge is 0.482 e. The average molecular weight is 452 g/mol. The van der Waals surface area contributed by atoms with Gasteiger partial charge >= 0.3 is 12.1 Å². The summed E-state index contributed by atoms with van der Waals surface area (Å²) in [6.07, 6.45) is -0.149. The van der Waals surface area contributed by atoms with Gasteiger partial charge < -0.3 is 24.3 Å². The second-order valence-corrected chi connectivity index (χ2v) is 9.51. The van der Waals surface area contributed by atoms with E-state index in [0.29, 0.717) is 11.3 Å². The zero-order valence-corrected chi connectivity index (χ0v) is 20.4. The van der Waals surface area contributed by atoms with Crippen LogP contribution in [0.3, 0.4) is 0 Å². The number of alkyl carbamates (subject to hydrolysis) is 1. The maximum Gasteiger partial charge on any atom is 0.408 e. The van der Waals surface area contributed by atoms with E-state index in [1.807, 2.05) is 34.6 Å². The first kappa shape index (κ1) is 27.4. The predicted octanol–water partition coefficient (Wildman–Crippen LogP) is 4.30. The predicted molar refractivity (Wildman–Crippen MR) is 121 cm³/mol. The van der Waals surface area contributed by atoms with Gasteiger partial charge in [-0.3, -0.25) is 4.79 Å². The van der Waals surface area contributed by atoms with E-state index in [-0.39, 0.29) is 25.1 Å². The van der Waals surface area contributed by atoms with Crippen LogP contribution in [0.15, 0.2) is 24.3 Å². The lowest BCUT2D eigenvalue weighted by molar-refractivity contribution is -0.150. The summed E-state index contributed by atoms with van der Waals surface area (Å²) in [5.74, 6) is -0.367. The number of rotatable bonds is 10. The van der Waals surface area contributed by atoms with Crippen molar-refractivity contribution in [3.63, 3.8) is 0 Å². The van der Waals surface area contributed by atoms with Crippen LogP contribution in [0.5, 0.6) is 5.75 Å². The van der Waals surface area contributed by atoms with Crippen LogP contribution in [-0.4, -0.2) is 54.4 Å². The molecule has 1 aromatic rings. The van der Waals surface area contributed by atoms with E-state index in [4.69, 9.17) is 18.9 Å². The Morgan fingerprint density at radius 2 is 1.56 bits per heavy atom. The molecular formula is C24H37NO7. The van der Waals surface area contributed by atoms with Crippen molar-refractivity contribution >= 4 is 17.8 Å². The highest BCUT2D eigenvalue weighted by Gasteiger charge is 2.27. The van der Waals surface area contributed by atoms with E-state index in [1.54, 1.807) is 45.0 Å². The van der Waals surface area contributed by atoms with Gasteiger partial charge in [-0.05, 0) is 79.2 Å². The number of esters is 1. The standard InChI is InChI=1S/C24H37NO7/c1-9-16(2)31-20(26)15-29-18-12-10-17(11-13-18)21(27)19(14-30-23(3,4)5)25-22(28)32-24(6,7)8/h10-13,16,19H,9,14-15H2,1-8H3,(H,25,28)/t16-,19-/m0/s1. The first-order chi connectivity index (χ1) is 14.7. The number of hydrogen-bond acceptors (Lipinski definition) is 7. The second kappa shape index (κ2) is 11.9. The molecule has 0 aliphatic heterocycles. The third-order valence-corrected chi connectivity index (χ3v) is 4.09. The van der Waals surface area contributed by atoms with Crippen LogP contribution in [0.2, 0.25) is 0 Å². The van der Waals surface area contributed by atoms with Crippen LogP contribution < -0.4 is 10.1 Å². The molecule has 1 N–H and O–H groups in total. The van der Waals surface area contributed by atoms with Gasteiger partial charge in [-0.15, -0.1) is 0 Å². The van der Waals surface area contributed by atoms with Gasteiger partial charge in [0.1, 0.15) is 17.4 Å². The van der Waals surface area contributed by atoms with Crippen molar-refractivity contribution < 1.29 is 33.3 Å². The number of nitrogens with one attached hydrogen (secondary N) is 1.